The van der Waals surface area contributed by atoms with E-state index in [-0.39, 0.29) is 0 Å². The molecule has 1 aliphatic carbocycles. The molecule has 0 fully saturated rings. The minimum absolute atomic E-state index is 0.902. The molecular formula is C61H43N3Si. The monoisotopic (exact) mass is 845 g/mol. The third-order valence-corrected chi connectivity index (χ3v) is 18.6. The third kappa shape index (κ3) is 5.67. The van der Waals surface area contributed by atoms with Gasteiger partial charge in [0.05, 0.1) is 33.3 Å². The molecule has 0 saturated carbocycles. The zero-order chi connectivity index (χ0) is 42.9. The SMILES string of the molecule is C1=Cc2c(n(-c3ccc4c(c3)c3ccccc3n4-c3ccc([Si](c4ccccc4)(c4ccccc4)c4ccccc4)cc3)c3ccc(-n4c5ccccc5c5ccccc54)cc23)C=CC1. The number of nitrogens with zero attached hydrogens (tertiary/aromatic N) is 3. The van der Waals surface area contributed by atoms with Crippen molar-refractivity contribution in [2.24, 2.45) is 0 Å². The van der Waals surface area contributed by atoms with Gasteiger partial charge in [0, 0.05) is 49.6 Å². The van der Waals surface area contributed by atoms with Crippen LogP contribution in [-0.2, 0) is 0 Å². The number of hydrogen-bond donors (Lipinski definition) is 0. The van der Waals surface area contributed by atoms with Crippen LogP contribution in [0.5, 0.6) is 0 Å². The van der Waals surface area contributed by atoms with E-state index in [0.717, 1.165) is 23.5 Å². The molecule has 9 aromatic carbocycles. The fraction of sp³-hybridized carbons (Fsp3) is 0.0164. The summed E-state index contributed by atoms with van der Waals surface area (Å²) in [6.07, 6.45) is 10.1. The number of hydrogen-bond acceptors (Lipinski definition) is 0. The molecule has 306 valence electrons. The molecule has 0 radical (unpaired) electrons. The van der Waals surface area contributed by atoms with E-state index in [4.69, 9.17) is 0 Å². The molecule has 13 rings (SSSR count). The van der Waals surface area contributed by atoms with Gasteiger partial charge in [0.15, 0.2) is 8.07 Å². The van der Waals surface area contributed by atoms with Crippen molar-refractivity contribution in [1.29, 1.82) is 0 Å². The maximum atomic E-state index is 2.47. The molecular weight excluding hydrogens is 803 g/mol. The van der Waals surface area contributed by atoms with Gasteiger partial charge in [-0.05, 0) is 100.0 Å². The Hall–Kier alpha value is -8.18. The molecule has 12 aromatic rings. The first kappa shape index (κ1) is 37.4. The molecule has 0 unspecified atom stereocenters. The summed E-state index contributed by atoms with van der Waals surface area (Å²) in [5.74, 6) is 0. The van der Waals surface area contributed by atoms with Crippen molar-refractivity contribution in [2.45, 2.75) is 6.42 Å². The van der Waals surface area contributed by atoms with E-state index < -0.39 is 8.07 Å². The van der Waals surface area contributed by atoms with E-state index in [0.29, 0.717) is 0 Å². The van der Waals surface area contributed by atoms with Crippen molar-refractivity contribution < 1.29 is 0 Å². The molecule has 3 nitrogen and oxygen atoms in total. The molecule has 0 spiro atoms. The topological polar surface area (TPSA) is 14.8 Å². The lowest BCUT2D eigenvalue weighted by Crippen LogP contribution is -2.74. The largest absolute Gasteiger partial charge is 0.309 e. The maximum absolute atomic E-state index is 2.66. The first-order chi connectivity index (χ1) is 32.3. The summed E-state index contributed by atoms with van der Waals surface area (Å²) in [5, 5.41) is 11.7. The number of para-hydroxylation sites is 3. The highest BCUT2D eigenvalue weighted by Crippen LogP contribution is 2.39. The Labute approximate surface area is 378 Å². The summed E-state index contributed by atoms with van der Waals surface area (Å²) in [5.41, 5.74) is 11.9. The molecule has 3 aromatic heterocycles. The van der Waals surface area contributed by atoms with Crippen LogP contribution < -0.4 is 20.7 Å². The number of allylic oxidation sites excluding steroid dienone is 2. The molecule has 1 aliphatic rings. The molecule has 65 heavy (non-hydrogen) atoms. The first-order valence-electron chi connectivity index (χ1n) is 22.6. The van der Waals surface area contributed by atoms with E-state index in [1.807, 2.05) is 0 Å². The first-order valence-corrected chi connectivity index (χ1v) is 24.6. The van der Waals surface area contributed by atoms with Crippen molar-refractivity contribution in [2.75, 3.05) is 0 Å². The predicted molar refractivity (Wildman–Crippen MR) is 278 cm³/mol. The molecule has 3 heterocycles. The van der Waals surface area contributed by atoms with Crippen LogP contribution in [0, 0.1) is 0 Å². The van der Waals surface area contributed by atoms with Gasteiger partial charge in [-0.2, -0.15) is 0 Å². The molecule has 0 aliphatic heterocycles. The van der Waals surface area contributed by atoms with E-state index in [1.165, 1.54) is 86.5 Å². The van der Waals surface area contributed by atoms with Gasteiger partial charge in [0.2, 0.25) is 0 Å². The van der Waals surface area contributed by atoms with Gasteiger partial charge >= 0.3 is 0 Å². The summed E-state index contributed by atoms with van der Waals surface area (Å²) in [6, 6.07) is 83.4. The Morgan fingerprint density at radius 2 is 0.677 bits per heavy atom. The van der Waals surface area contributed by atoms with E-state index in [9.17, 15) is 0 Å². The van der Waals surface area contributed by atoms with Crippen LogP contribution >= 0.6 is 0 Å². The highest BCUT2D eigenvalue weighted by atomic mass is 28.3. The van der Waals surface area contributed by atoms with Gasteiger partial charge < -0.3 is 13.7 Å². The standard InChI is InChI=1S/C61H43N3Si/c1-5-19-46(20-6-1)65(47-21-7-2-8-22-47,48-23-9-3-10-24-48)49-37-33-43(34-38-49)62-58-32-18-15-28-53(58)54-42-45(35-39-60(54)62)64-59-29-12-4-11-25-52(59)55-41-44(36-40-61(55)64)63-56-30-16-13-26-50(56)51-27-14-17-31-57(51)63/h1-3,5-42H,4H2. The Morgan fingerprint density at radius 1 is 0.292 bits per heavy atom. The maximum Gasteiger partial charge on any atom is 0.179 e. The number of aromatic nitrogens is 3. The average Bonchev–Trinajstić information content (AvgIpc) is 3.92. The summed E-state index contributed by atoms with van der Waals surface area (Å²) < 4.78 is 7.34. The van der Waals surface area contributed by atoms with Crippen molar-refractivity contribution in [3.05, 3.63) is 248 Å². The second-order valence-electron chi connectivity index (χ2n) is 17.2. The highest BCUT2D eigenvalue weighted by molar-refractivity contribution is 7.19. The van der Waals surface area contributed by atoms with Crippen LogP contribution in [0.2, 0.25) is 0 Å². The Kier molecular flexibility index (Phi) is 8.61. The molecule has 0 bridgehead atoms. The van der Waals surface area contributed by atoms with Crippen molar-refractivity contribution in [1.82, 2.24) is 13.7 Å². The lowest BCUT2D eigenvalue weighted by molar-refractivity contribution is 1.10. The fourth-order valence-corrected chi connectivity index (χ4v) is 15.8. The minimum atomic E-state index is -2.66. The fourth-order valence-electron chi connectivity index (χ4n) is 11.0. The molecule has 0 saturated heterocycles. The van der Waals surface area contributed by atoms with Crippen molar-refractivity contribution in [3.63, 3.8) is 0 Å². The second kappa shape index (κ2) is 15.0. The van der Waals surface area contributed by atoms with Gasteiger partial charge in [0.1, 0.15) is 0 Å². The smallest absolute Gasteiger partial charge is 0.179 e. The van der Waals surface area contributed by atoms with Gasteiger partial charge in [0.25, 0.3) is 0 Å². The number of benzene rings is 9. The summed E-state index contributed by atoms with van der Waals surface area (Å²) in [7, 11) is -2.66. The van der Waals surface area contributed by atoms with Gasteiger partial charge in [-0.25, -0.2) is 0 Å². The highest BCUT2D eigenvalue weighted by Gasteiger charge is 2.41. The zero-order valence-corrected chi connectivity index (χ0v) is 36.7. The van der Waals surface area contributed by atoms with Crippen LogP contribution in [0.15, 0.2) is 237 Å². The number of fused-ring (bicyclic) bond motifs is 9. The zero-order valence-electron chi connectivity index (χ0n) is 35.7. The quantitative estimate of drug-likeness (QED) is 0.112. The van der Waals surface area contributed by atoms with Crippen LogP contribution in [0.25, 0.3) is 83.7 Å². The van der Waals surface area contributed by atoms with E-state index in [1.54, 1.807) is 0 Å². The number of rotatable bonds is 7. The van der Waals surface area contributed by atoms with Crippen LogP contribution in [0.4, 0.5) is 0 Å². The van der Waals surface area contributed by atoms with Crippen LogP contribution in [-0.4, -0.2) is 21.8 Å². The molecule has 4 heteroatoms. The van der Waals surface area contributed by atoms with Gasteiger partial charge in [-0.15, -0.1) is 0 Å². The Morgan fingerprint density at radius 3 is 1.23 bits per heavy atom. The van der Waals surface area contributed by atoms with Crippen LogP contribution in [0.1, 0.15) is 17.7 Å². The summed E-state index contributed by atoms with van der Waals surface area (Å²) >= 11 is 0. The van der Waals surface area contributed by atoms with E-state index in [2.05, 4.69) is 262 Å². The van der Waals surface area contributed by atoms with Crippen molar-refractivity contribution >= 4 is 95.5 Å². The van der Waals surface area contributed by atoms with E-state index >= 15 is 0 Å². The summed E-state index contributed by atoms with van der Waals surface area (Å²) in [4.78, 5) is 0. The normalized spacial score (nSPS) is 12.7. The molecule has 0 amide bonds. The Bertz CT molecular complexity index is 3680. The van der Waals surface area contributed by atoms with Gasteiger partial charge in [-0.1, -0.05) is 176 Å². The molecule has 0 atom stereocenters. The lowest BCUT2D eigenvalue weighted by Gasteiger charge is -2.34. The lowest BCUT2D eigenvalue weighted by atomic mass is 10.1. The molecule has 0 N–H and O–H groups in total. The van der Waals surface area contributed by atoms with Crippen LogP contribution in [0.3, 0.4) is 0 Å². The average molecular weight is 846 g/mol. The second-order valence-corrected chi connectivity index (χ2v) is 21.0. The third-order valence-electron chi connectivity index (χ3n) is 13.8. The summed E-state index contributed by atoms with van der Waals surface area (Å²) in [6.45, 7) is 0. The van der Waals surface area contributed by atoms with Crippen molar-refractivity contribution in [3.8, 4) is 17.1 Å². The predicted octanol–water partition coefficient (Wildman–Crippen LogP) is 12.6. The minimum Gasteiger partial charge on any atom is -0.309 e. The van der Waals surface area contributed by atoms with Gasteiger partial charge in [-0.3, -0.25) is 0 Å². The Balaban J connectivity index is 0.977.